The summed E-state index contributed by atoms with van der Waals surface area (Å²) in [5.41, 5.74) is 3.66. The van der Waals surface area contributed by atoms with E-state index in [9.17, 15) is 10.2 Å². The fraction of sp³-hybridized carbons (Fsp3) is 0.273. The first-order valence-corrected chi connectivity index (χ1v) is 10.3. The summed E-state index contributed by atoms with van der Waals surface area (Å²) in [7, 11) is 3.26. The van der Waals surface area contributed by atoms with Crippen molar-refractivity contribution < 1.29 is 19.7 Å². The third kappa shape index (κ3) is 4.63. The quantitative estimate of drug-likeness (QED) is 0.443. The summed E-state index contributed by atoms with van der Waals surface area (Å²) in [5, 5.41) is 20.0. The van der Waals surface area contributed by atoms with Gasteiger partial charge in [0.15, 0.2) is 0 Å². The van der Waals surface area contributed by atoms with Crippen molar-refractivity contribution in [2.24, 2.45) is 0 Å². The normalized spacial score (nSPS) is 10.5. The Hall–Kier alpha value is -2.04. The van der Waals surface area contributed by atoms with Crippen LogP contribution in [0.25, 0.3) is 0 Å². The number of hydrogen-bond donors (Lipinski definition) is 2. The van der Waals surface area contributed by atoms with Crippen LogP contribution in [0.5, 0.6) is 11.5 Å². The van der Waals surface area contributed by atoms with E-state index in [1.807, 2.05) is 36.4 Å². The van der Waals surface area contributed by atoms with Crippen LogP contribution in [0.15, 0.2) is 49.6 Å². The number of rotatable bonds is 10. The Labute approximate surface area is 167 Å². The monoisotopic (exact) mass is 434 g/mol. The van der Waals surface area contributed by atoms with Crippen molar-refractivity contribution in [2.45, 2.75) is 26.1 Å². The fourth-order valence-electron chi connectivity index (χ4n) is 3.08. The van der Waals surface area contributed by atoms with Crippen molar-refractivity contribution in [1.29, 1.82) is 0 Å². The summed E-state index contributed by atoms with van der Waals surface area (Å²) in [6.45, 7) is 7.49. The van der Waals surface area contributed by atoms with Crippen LogP contribution in [-0.4, -0.2) is 39.4 Å². The van der Waals surface area contributed by atoms with Gasteiger partial charge in [-0.25, -0.2) is 0 Å². The van der Waals surface area contributed by atoms with Crippen LogP contribution in [-0.2, 0) is 26.1 Å². The number of ether oxygens (including phenoxy) is 2. The van der Waals surface area contributed by atoms with E-state index in [-0.39, 0.29) is 28.2 Å². The minimum atomic E-state index is -0.0967. The van der Waals surface area contributed by atoms with E-state index >= 15 is 0 Å². The zero-order valence-corrected chi connectivity index (χ0v) is 17.5. The predicted molar refractivity (Wildman–Crippen MR) is 111 cm³/mol. The van der Waals surface area contributed by atoms with E-state index in [0.717, 1.165) is 42.7 Å². The van der Waals surface area contributed by atoms with Crippen LogP contribution in [0.2, 0.25) is 0 Å². The average molecular weight is 433 g/mol. The van der Waals surface area contributed by atoms with Gasteiger partial charge in [-0.2, -0.15) is 0 Å². The number of methoxy groups -OCH3 is 2. The van der Waals surface area contributed by atoms with E-state index in [2.05, 4.69) is 13.2 Å². The zero-order chi connectivity index (χ0) is 19.8. The number of allylic oxidation sites excluding steroid dienone is 2. The second kappa shape index (κ2) is 10.3. The molecule has 0 aliphatic heterocycles. The molecular formula is C22H26O4Se. The van der Waals surface area contributed by atoms with E-state index < -0.39 is 0 Å². The minimum absolute atomic E-state index is 0.0679. The first kappa shape index (κ1) is 21.3. The summed E-state index contributed by atoms with van der Waals surface area (Å²) in [4.78, 5) is 0. The van der Waals surface area contributed by atoms with E-state index in [0.29, 0.717) is 12.8 Å². The van der Waals surface area contributed by atoms with Gasteiger partial charge >= 0.3 is 167 Å². The maximum absolute atomic E-state index is 10.0. The Kier molecular flexibility index (Phi) is 8.14. The third-order valence-electron chi connectivity index (χ3n) is 4.36. The van der Waals surface area contributed by atoms with Gasteiger partial charge in [0.1, 0.15) is 0 Å². The van der Waals surface area contributed by atoms with Gasteiger partial charge in [-0.05, 0) is 0 Å². The van der Waals surface area contributed by atoms with Gasteiger partial charge in [-0.3, -0.25) is 0 Å². The summed E-state index contributed by atoms with van der Waals surface area (Å²) in [6.07, 6.45) is 4.87. The Morgan fingerprint density at radius 2 is 1.19 bits per heavy atom. The van der Waals surface area contributed by atoms with Crippen LogP contribution in [0.4, 0.5) is 0 Å². The van der Waals surface area contributed by atoms with E-state index in [1.54, 1.807) is 14.2 Å². The molecule has 0 unspecified atom stereocenters. The van der Waals surface area contributed by atoms with Gasteiger partial charge in [0, 0.05) is 0 Å². The topological polar surface area (TPSA) is 58.9 Å². The van der Waals surface area contributed by atoms with Crippen LogP contribution >= 0.6 is 0 Å². The van der Waals surface area contributed by atoms with Gasteiger partial charge in [0.05, 0.1) is 0 Å². The predicted octanol–water partition coefficient (Wildman–Crippen LogP) is 1.80. The molecule has 4 nitrogen and oxygen atoms in total. The Balaban J connectivity index is 2.56. The van der Waals surface area contributed by atoms with Crippen molar-refractivity contribution in [3.05, 3.63) is 71.8 Å². The summed E-state index contributed by atoms with van der Waals surface area (Å²) in [5.74, 6) is 1.51. The molecule has 0 fully saturated rings. The molecule has 0 atom stereocenters. The van der Waals surface area contributed by atoms with Crippen molar-refractivity contribution in [1.82, 2.24) is 0 Å². The number of aliphatic hydroxyl groups excluding tert-OH is 2. The molecular weight excluding hydrogens is 407 g/mol. The second-order valence-electron chi connectivity index (χ2n) is 5.85. The molecule has 2 rings (SSSR count). The summed E-state index contributed by atoms with van der Waals surface area (Å²) < 4.78 is 13.0. The molecule has 0 aliphatic carbocycles. The van der Waals surface area contributed by atoms with Crippen molar-refractivity contribution in [3.8, 4) is 11.5 Å². The molecule has 2 aromatic rings. The van der Waals surface area contributed by atoms with Gasteiger partial charge in [-0.1, -0.05) is 0 Å². The van der Waals surface area contributed by atoms with Gasteiger partial charge in [-0.15, -0.1) is 0 Å². The van der Waals surface area contributed by atoms with Crippen molar-refractivity contribution in [3.63, 3.8) is 0 Å². The molecule has 0 amide bonds. The third-order valence-corrected chi connectivity index (χ3v) is 6.89. The average Bonchev–Trinajstić information content (AvgIpc) is 2.69. The van der Waals surface area contributed by atoms with Crippen molar-refractivity contribution in [2.75, 3.05) is 14.2 Å². The van der Waals surface area contributed by atoms with Crippen LogP contribution in [0.3, 0.4) is 0 Å². The van der Waals surface area contributed by atoms with Crippen LogP contribution in [0, 0.1) is 0 Å². The molecule has 0 bridgehead atoms. The van der Waals surface area contributed by atoms with Crippen LogP contribution < -0.4 is 18.4 Å². The maximum atomic E-state index is 10.0. The number of hydrogen-bond acceptors (Lipinski definition) is 4. The number of aliphatic hydroxyl groups is 2. The van der Waals surface area contributed by atoms with E-state index in [1.165, 1.54) is 0 Å². The molecule has 144 valence electrons. The summed E-state index contributed by atoms with van der Waals surface area (Å²) in [6, 6.07) is 7.86. The fourth-order valence-corrected chi connectivity index (χ4v) is 5.45. The Morgan fingerprint density at radius 1 is 0.778 bits per heavy atom. The standard InChI is InChI=1S/C22H26O4Se/c1-5-7-15-17(13-23)21(11-9-19(15)25-3)27-22-12-10-20(26-4)16(8-6-2)18(22)14-24/h5-6,9-12,23-24H,1-2,7-8,13-14H2,3-4H3. The van der Waals surface area contributed by atoms with Gasteiger partial charge in [0.25, 0.3) is 0 Å². The second-order valence-corrected chi connectivity index (χ2v) is 8.12. The SMILES string of the molecule is C=CCc1c(OC)ccc([Se]c2ccc(OC)c(CC=C)c2CO)c1CO. The summed E-state index contributed by atoms with van der Waals surface area (Å²) >= 11 is -0.0967. The number of benzene rings is 2. The van der Waals surface area contributed by atoms with E-state index in [4.69, 9.17) is 9.47 Å². The molecule has 0 radical (unpaired) electrons. The molecule has 0 heterocycles. The van der Waals surface area contributed by atoms with Gasteiger partial charge in [0.2, 0.25) is 0 Å². The van der Waals surface area contributed by atoms with Crippen molar-refractivity contribution >= 4 is 23.9 Å². The van der Waals surface area contributed by atoms with Gasteiger partial charge < -0.3 is 0 Å². The molecule has 2 aromatic carbocycles. The molecule has 5 heteroatoms. The zero-order valence-electron chi connectivity index (χ0n) is 15.8. The molecule has 0 aromatic heterocycles. The molecule has 0 saturated carbocycles. The molecule has 27 heavy (non-hydrogen) atoms. The Morgan fingerprint density at radius 3 is 1.48 bits per heavy atom. The molecule has 0 saturated heterocycles. The molecule has 0 aliphatic rings. The molecule has 2 N–H and O–H groups in total. The Bertz CT molecular complexity index is 747. The van der Waals surface area contributed by atoms with Crippen LogP contribution in [0.1, 0.15) is 22.3 Å². The molecule has 0 spiro atoms. The first-order chi connectivity index (χ1) is 13.1. The first-order valence-electron chi connectivity index (χ1n) is 8.63.